The molecule has 0 bridgehead atoms. The van der Waals surface area contributed by atoms with Crippen molar-refractivity contribution in [3.63, 3.8) is 0 Å². The zero-order valence-corrected chi connectivity index (χ0v) is 8.54. The summed E-state index contributed by atoms with van der Waals surface area (Å²) in [5, 5.41) is 3.26. The van der Waals surface area contributed by atoms with Gasteiger partial charge in [0.2, 0.25) is 0 Å². The van der Waals surface area contributed by atoms with Gasteiger partial charge in [-0.25, -0.2) is 0 Å². The lowest BCUT2D eigenvalue weighted by Gasteiger charge is -2.10. The molecular weight excluding hydrogens is 162 g/mol. The fraction of sp³-hybridized carbons (Fsp3) is 0.500. The molecule has 1 rings (SSSR count). The molecule has 3 heteroatoms. The number of aromatic nitrogens is 1. The molecule has 0 aliphatic heterocycles. The number of anilines is 1. The highest BCUT2D eigenvalue weighted by molar-refractivity contribution is 5.42. The number of nitrogens with zero attached hydrogens (tertiary/aromatic N) is 2. The highest BCUT2D eigenvalue weighted by Crippen LogP contribution is 2.08. The van der Waals surface area contributed by atoms with E-state index in [1.165, 1.54) is 0 Å². The Bertz CT molecular complexity index is 258. The van der Waals surface area contributed by atoms with Gasteiger partial charge in [0.1, 0.15) is 0 Å². The zero-order valence-electron chi connectivity index (χ0n) is 8.54. The Morgan fingerprint density at radius 1 is 1.46 bits per heavy atom. The summed E-state index contributed by atoms with van der Waals surface area (Å²) < 4.78 is 0. The lowest BCUT2D eigenvalue weighted by molar-refractivity contribution is 0.397. The van der Waals surface area contributed by atoms with Gasteiger partial charge in [0, 0.05) is 25.0 Å². The van der Waals surface area contributed by atoms with Crippen LogP contribution in [0.1, 0.15) is 12.6 Å². The van der Waals surface area contributed by atoms with E-state index in [1.54, 1.807) is 0 Å². The van der Waals surface area contributed by atoms with Crippen molar-refractivity contribution in [2.45, 2.75) is 13.5 Å². The first-order chi connectivity index (χ1) is 6.22. The minimum absolute atomic E-state index is 0.888. The molecule has 0 aliphatic rings. The van der Waals surface area contributed by atoms with E-state index in [2.05, 4.69) is 28.2 Å². The predicted octanol–water partition coefficient (Wildman–Crippen LogP) is 1.57. The molecule has 13 heavy (non-hydrogen) atoms. The average molecular weight is 179 g/mol. The van der Waals surface area contributed by atoms with E-state index in [4.69, 9.17) is 0 Å². The Hall–Kier alpha value is -1.09. The van der Waals surface area contributed by atoms with Crippen LogP contribution in [0.4, 0.5) is 5.69 Å². The third kappa shape index (κ3) is 3.42. The van der Waals surface area contributed by atoms with Crippen molar-refractivity contribution in [1.82, 2.24) is 9.88 Å². The van der Waals surface area contributed by atoms with Crippen LogP contribution in [0.15, 0.2) is 18.3 Å². The van der Waals surface area contributed by atoms with Crippen molar-refractivity contribution in [1.29, 1.82) is 0 Å². The van der Waals surface area contributed by atoms with Crippen molar-refractivity contribution in [3.05, 3.63) is 24.0 Å². The van der Waals surface area contributed by atoms with E-state index in [1.807, 2.05) is 26.4 Å². The quantitative estimate of drug-likeness (QED) is 0.760. The number of rotatable bonds is 4. The van der Waals surface area contributed by atoms with Crippen LogP contribution in [-0.2, 0) is 6.54 Å². The first kappa shape index (κ1) is 9.99. The van der Waals surface area contributed by atoms with Gasteiger partial charge in [-0.1, -0.05) is 0 Å². The smallest absolute Gasteiger partial charge is 0.0564 e. The largest absolute Gasteiger partial charge is 0.385 e. The van der Waals surface area contributed by atoms with E-state index >= 15 is 0 Å². The molecule has 1 aromatic heterocycles. The third-order valence-corrected chi connectivity index (χ3v) is 1.68. The van der Waals surface area contributed by atoms with Gasteiger partial charge in [-0.2, -0.15) is 0 Å². The van der Waals surface area contributed by atoms with Crippen LogP contribution in [0.5, 0.6) is 0 Å². The molecular formula is C10H17N3. The van der Waals surface area contributed by atoms with Crippen molar-refractivity contribution < 1.29 is 0 Å². The van der Waals surface area contributed by atoms with Crippen molar-refractivity contribution in [2.75, 3.05) is 26.0 Å². The van der Waals surface area contributed by atoms with Gasteiger partial charge in [-0.3, -0.25) is 4.98 Å². The van der Waals surface area contributed by atoms with Crippen molar-refractivity contribution in [2.24, 2.45) is 0 Å². The minimum Gasteiger partial charge on any atom is -0.385 e. The maximum Gasteiger partial charge on any atom is 0.0564 e. The molecule has 0 fully saturated rings. The van der Waals surface area contributed by atoms with Crippen molar-refractivity contribution in [3.8, 4) is 0 Å². The highest BCUT2D eigenvalue weighted by atomic mass is 15.1. The van der Waals surface area contributed by atoms with E-state index < -0.39 is 0 Å². The van der Waals surface area contributed by atoms with E-state index in [9.17, 15) is 0 Å². The van der Waals surface area contributed by atoms with Gasteiger partial charge < -0.3 is 10.2 Å². The summed E-state index contributed by atoms with van der Waals surface area (Å²) >= 11 is 0. The molecule has 0 amide bonds. The monoisotopic (exact) mass is 179 g/mol. The second-order valence-corrected chi connectivity index (χ2v) is 3.30. The standard InChI is InChI=1S/C10H17N3/c1-4-11-9-5-6-12-10(7-9)8-13(2)3/h5-7H,4,8H2,1-3H3,(H,11,12). The van der Waals surface area contributed by atoms with Crippen molar-refractivity contribution >= 4 is 5.69 Å². The van der Waals surface area contributed by atoms with E-state index in [-0.39, 0.29) is 0 Å². The molecule has 0 aromatic carbocycles. The van der Waals surface area contributed by atoms with Gasteiger partial charge >= 0.3 is 0 Å². The van der Waals surface area contributed by atoms with Crippen LogP contribution in [0.3, 0.4) is 0 Å². The van der Waals surface area contributed by atoms with Gasteiger partial charge in [-0.15, -0.1) is 0 Å². The second kappa shape index (κ2) is 4.82. The van der Waals surface area contributed by atoms with E-state index in [0.29, 0.717) is 0 Å². The summed E-state index contributed by atoms with van der Waals surface area (Å²) in [7, 11) is 4.09. The Kier molecular flexibility index (Phi) is 3.71. The first-order valence-corrected chi connectivity index (χ1v) is 4.56. The summed E-state index contributed by atoms with van der Waals surface area (Å²) in [6, 6.07) is 4.08. The lowest BCUT2D eigenvalue weighted by atomic mass is 10.3. The Labute approximate surface area is 79.8 Å². The van der Waals surface area contributed by atoms with Crippen LogP contribution in [0.2, 0.25) is 0 Å². The number of hydrogen-bond acceptors (Lipinski definition) is 3. The first-order valence-electron chi connectivity index (χ1n) is 4.56. The number of hydrogen-bond donors (Lipinski definition) is 1. The fourth-order valence-corrected chi connectivity index (χ4v) is 1.20. The molecule has 1 N–H and O–H groups in total. The Morgan fingerprint density at radius 3 is 2.85 bits per heavy atom. The molecule has 1 heterocycles. The molecule has 0 radical (unpaired) electrons. The van der Waals surface area contributed by atoms with Gasteiger partial charge in [0.15, 0.2) is 0 Å². The maximum atomic E-state index is 4.28. The summed E-state index contributed by atoms with van der Waals surface area (Å²) in [5.74, 6) is 0. The molecule has 0 aliphatic carbocycles. The zero-order chi connectivity index (χ0) is 9.68. The van der Waals surface area contributed by atoms with E-state index in [0.717, 1.165) is 24.5 Å². The van der Waals surface area contributed by atoms with Crippen LogP contribution >= 0.6 is 0 Å². The molecule has 1 aromatic rings. The van der Waals surface area contributed by atoms with Crippen LogP contribution in [0, 0.1) is 0 Å². The summed E-state index contributed by atoms with van der Waals surface area (Å²) in [4.78, 5) is 6.39. The second-order valence-electron chi connectivity index (χ2n) is 3.30. The Morgan fingerprint density at radius 2 is 2.23 bits per heavy atom. The summed E-state index contributed by atoms with van der Waals surface area (Å²) in [6.07, 6.45) is 1.84. The van der Waals surface area contributed by atoms with Gasteiger partial charge in [0.25, 0.3) is 0 Å². The Balaban J connectivity index is 2.67. The molecule has 0 saturated heterocycles. The molecule has 0 unspecified atom stereocenters. The molecule has 72 valence electrons. The third-order valence-electron chi connectivity index (χ3n) is 1.68. The normalized spacial score (nSPS) is 10.5. The van der Waals surface area contributed by atoms with Crippen LogP contribution in [-0.4, -0.2) is 30.5 Å². The highest BCUT2D eigenvalue weighted by Gasteiger charge is 1.97. The summed E-state index contributed by atoms with van der Waals surface area (Å²) in [5.41, 5.74) is 2.25. The number of nitrogens with one attached hydrogen (secondary N) is 1. The van der Waals surface area contributed by atoms with Crippen LogP contribution < -0.4 is 5.32 Å². The predicted molar refractivity (Wildman–Crippen MR) is 55.8 cm³/mol. The average Bonchev–Trinajstić information content (AvgIpc) is 2.04. The molecule has 0 spiro atoms. The van der Waals surface area contributed by atoms with Gasteiger partial charge in [0.05, 0.1) is 5.69 Å². The molecule has 3 nitrogen and oxygen atoms in total. The van der Waals surface area contributed by atoms with Gasteiger partial charge in [-0.05, 0) is 33.2 Å². The summed E-state index contributed by atoms with van der Waals surface area (Å²) in [6.45, 7) is 3.93. The maximum absolute atomic E-state index is 4.28. The molecule has 0 saturated carbocycles. The van der Waals surface area contributed by atoms with Crippen LogP contribution in [0.25, 0.3) is 0 Å². The number of pyridine rings is 1. The lowest BCUT2D eigenvalue weighted by Crippen LogP contribution is -2.12. The fourth-order valence-electron chi connectivity index (χ4n) is 1.20. The molecule has 0 atom stereocenters. The topological polar surface area (TPSA) is 28.2 Å². The SMILES string of the molecule is CCNc1ccnc(CN(C)C)c1. The minimum atomic E-state index is 0.888.